The first-order valence-electron chi connectivity index (χ1n) is 6.00. The van der Waals surface area contributed by atoms with Gasteiger partial charge in [0.25, 0.3) is 5.91 Å². The molecule has 1 aliphatic heterocycles. The molecule has 0 radical (unpaired) electrons. The van der Waals surface area contributed by atoms with Crippen molar-refractivity contribution < 1.29 is 4.79 Å². The lowest BCUT2D eigenvalue weighted by Crippen LogP contribution is -2.58. The van der Waals surface area contributed by atoms with E-state index < -0.39 is 0 Å². The maximum Gasteiger partial charge on any atom is 0.274 e. The fraction of sp³-hybridized carbons (Fsp3) is 0.583. The number of carbonyl (C=O) groups is 1. The van der Waals surface area contributed by atoms with Gasteiger partial charge in [0.15, 0.2) is 5.69 Å². The number of nitrogens with two attached hydrogens (primary N) is 1. The number of piperazine rings is 1. The van der Waals surface area contributed by atoms with Crippen LogP contribution < -0.4 is 5.73 Å². The van der Waals surface area contributed by atoms with E-state index in [9.17, 15) is 4.79 Å². The quantitative estimate of drug-likeness (QED) is 0.771. The molecule has 6 heteroatoms. The summed E-state index contributed by atoms with van der Waals surface area (Å²) in [6, 6.07) is 3.22. The number of anilines is 1. The molecule has 0 spiro atoms. The molecule has 2 heterocycles. The van der Waals surface area contributed by atoms with Crippen molar-refractivity contribution in [2.24, 2.45) is 0 Å². The Labute approximate surface area is 107 Å². The largest absolute Gasteiger partial charge is 0.382 e. The van der Waals surface area contributed by atoms with Crippen LogP contribution in [0.25, 0.3) is 0 Å². The minimum absolute atomic E-state index is 0.0187. The van der Waals surface area contributed by atoms with Gasteiger partial charge >= 0.3 is 0 Å². The zero-order valence-electron chi connectivity index (χ0n) is 11.1. The summed E-state index contributed by atoms with van der Waals surface area (Å²) >= 11 is 0. The number of carbonyl (C=O) groups excluding carboxylic acids is 1. The molecule has 0 bridgehead atoms. The van der Waals surface area contributed by atoms with Crippen LogP contribution >= 0.6 is 0 Å². The number of nitrogens with zero attached hydrogens (tertiary/aromatic N) is 4. The molecule has 18 heavy (non-hydrogen) atoms. The molecule has 1 aliphatic rings. The van der Waals surface area contributed by atoms with Gasteiger partial charge in [-0.05, 0) is 33.0 Å². The van der Waals surface area contributed by atoms with Crippen LogP contribution in [0.4, 0.5) is 5.82 Å². The molecule has 2 rings (SSSR count). The number of likely N-dealkylation sites (N-methyl/N-ethyl adjacent to an activating group) is 1. The van der Waals surface area contributed by atoms with Crippen LogP contribution in [0.1, 0.15) is 24.3 Å². The number of aromatic nitrogens is 2. The Kier molecular flexibility index (Phi) is 3.21. The van der Waals surface area contributed by atoms with E-state index in [0.717, 1.165) is 6.54 Å². The second-order valence-electron chi connectivity index (χ2n) is 5.30. The van der Waals surface area contributed by atoms with E-state index in [4.69, 9.17) is 5.73 Å². The fourth-order valence-electron chi connectivity index (χ4n) is 2.03. The molecule has 2 N–H and O–H groups in total. The summed E-state index contributed by atoms with van der Waals surface area (Å²) in [6.07, 6.45) is 0. The second-order valence-corrected chi connectivity index (χ2v) is 5.30. The van der Waals surface area contributed by atoms with Crippen molar-refractivity contribution in [1.82, 2.24) is 20.0 Å². The SMILES string of the molecule is CN1CCN(C(=O)c2ccc(N)nn2)CC1(C)C. The highest BCUT2D eigenvalue weighted by Crippen LogP contribution is 2.19. The highest BCUT2D eigenvalue weighted by molar-refractivity contribution is 5.92. The lowest BCUT2D eigenvalue weighted by Gasteiger charge is -2.45. The number of hydrogen-bond donors (Lipinski definition) is 1. The van der Waals surface area contributed by atoms with Gasteiger partial charge in [-0.25, -0.2) is 0 Å². The zero-order chi connectivity index (χ0) is 13.3. The van der Waals surface area contributed by atoms with Crippen LogP contribution in [0.15, 0.2) is 12.1 Å². The first-order valence-corrected chi connectivity index (χ1v) is 6.00. The van der Waals surface area contributed by atoms with Crippen molar-refractivity contribution >= 4 is 11.7 Å². The zero-order valence-corrected chi connectivity index (χ0v) is 11.1. The van der Waals surface area contributed by atoms with Crippen LogP contribution in [0.3, 0.4) is 0 Å². The van der Waals surface area contributed by atoms with Crippen LogP contribution in [-0.4, -0.2) is 58.1 Å². The summed E-state index contributed by atoms with van der Waals surface area (Å²) in [6.45, 7) is 6.52. The molecule has 1 saturated heterocycles. The first-order chi connectivity index (χ1) is 8.40. The van der Waals surface area contributed by atoms with E-state index in [1.165, 1.54) is 0 Å². The highest BCUT2D eigenvalue weighted by Gasteiger charge is 2.33. The lowest BCUT2D eigenvalue weighted by atomic mass is 9.99. The third-order valence-corrected chi connectivity index (χ3v) is 3.51. The van der Waals surface area contributed by atoms with Gasteiger partial charge in [-0.15, -0.1) is 10.2 Å². The first kappa shape index (κ1) is 12.8. The average Bonchev–Trinajstić information content (AvgIpc) is 2.33. The third kappa shape index (κ3) is 2.43. The number of amides is 1. The van der Waals surface area contributed by atoms with E-state index >= 15 is 0 Å². The lowest BCUT2D eigenvalue weighted by molar-refractivity contribution is 0.0306. The predicted octanol–water partition coefficient (Wildman–Crippen LogP) is 0.225. The molecule has 6 nitrogen and oxygen atoms in total. The van der Waals surface area contributed by atoms with Gasteiger partial charge in [-0.3, -0.25) is 9.69 Å². The Hall–Kier alpha value is -1.69. The average molecular weight is 249 g/mol. The molecule has 1 amide bonds. The minimum Gasteiger partial charge on any atom is -0.382 e. The fourth-order valence-corrected chi connectivity index (χ4v) is 2.03. The third-order valence-electron chi connectivity index (χ3n) is 3.51. The highest BCUT2D eigenvalue weighted by atomic mass is 16.2. The van der Waals surface area contributed by atoms with Crippen molar-refractivity contribution in [3.63, 3.8) is 0 Å². The van der Waals surface area contributed by atoms with Crippen molar-refractivity contribution in [2.45, 2.75) is 19.4 Å². The predicted molar refractivity (Wildman–Crippen MR) is 69.1 cm³/mol. The van der Waals surface area contributed by atoms with E-state index in [1.54, 1.807) is 12.1 Å². The monoisotopic (exact) mass is 249 g/mol. The normalized spacial score (nSPS) is 19.8. The Morgan fingerprint density at radius 3 is 2.61 bits per heavy atom. The number of nitrogen functional groups attached to an aromatic ring is 1. The molecule has 1 aromatic heterocycles. The van der Waals surface area contributed by atoms with Gasteiger partial charge in [0, 0.05) is 25.2 Å². The Morgan fingerprint density at radius 2 is 2.06 bits per heavy atom. The van der Waals surface area contributed by atoms with E-state index in [0.29, 0.717) is 24.6 Å². The molecule has 1 fully saturated rings. The molecule has 0 unspecified atom stereocenters. The second kappa shape index (κ2) is 4.53. The van der Waals surface area contributed by atoms with Crippen LogP contribution in [-0.2, 0) is 0 Å². The Balaban J connectivity index is 2.13. The van der Waals surface area contributed by atoms with Crippen molar-refractivity contribution in [3.05, 3.63) is 17.8 Å². The topological polar surface area (TPSA) is 75.3 Å². The summed E-state index contributed by atoms with van der Waals surface area (Å²) in [5.41, 5.74) is 5.79. The summed E-state index contributed by atoms with van der Waals surface area (Å²) in [7, 11) is 2.07. The van der Waals surface area contributed by atoms with Gasteiger partial charge in [0.05, 0.1) is 0 Å². The van der Waals surface area contributed by atoms with Gasteiger partial charge in [-0.1, -0.05) is 0 Å². The summed E-state index contributed by atoms with van der Waals surface area (Å²) in [5, 5.41) is 7.56. The maximum absolute atomic E-state index is 12.3. The minimum atomic E-state index is -0.0799. The molecule has 1 aromatic rings. The maximum atomic E-state index is 12.3. The summed E-state index contributed by atoms with van der Waals surface area (Å²) < 4.78 is 0. The van der Waals surface area contributed by atoms with Gasteiger partial charge < -0.3 is 10.6 Å². The van der Waals surface area contributed by atoms with Crippen LogP contribution in [0.5, 0.6) is 0 Å². The van der Waals surface area contributed by atoms with Crippen LogP contribution in [0, 0.1) is 0 Å². The van der Waals surface area contributed by atoms with Crippen molar-refractivity contribution in [1.29, 1.82) is 0 Å². The molecule has 98 valence electrons. The number of rotatable bonds is 1. The van der Waals surface area contributed by atoms with Crippen molar-refractivity contribution in [3.8, 4) is 0 Å². The molecule has 0 aliphatic carbocycles. The standard InChI is InChI=1S/C12H19N5O/c1-12(2)8-17(7-6-16(12)3)11(18)9-4-5-10(13)15-14-9/h4-5H,6-8H2,1-3H3,(H2,13,15). The van der Waals surface area contributed by atoms with Gasteiger partial charge in [-0.2, -0.15) is 0 Å². The van der Waals surface area contributed by atoms with Gasteiger partial charge in [0.2, 0.25) is 0 Å². The van der Waals surface area contributed by atoms with Gasteiger partial charge in [0.1, 0.15) is 5.82 Å². The Morgan fingerprint density at radius 1 is 1.33 bits per heavy atom. The number of hydrogen-bond acceptors (Lipinski definition) is 5. The molecule has 0 saturated carbocycles. The molecule has 0 atom stereocenters. The summed E-state index contributed by atoms with van der Waals surface area (Å²) in [4.78, 5) is 16.3. The molecule has 0 aromatic carbocycles. The molecular weight excluding hydrogens is 230 g/mol. The Bertz CT molecular complexity index is 442. The van der Waals surface area contributed by atoms with Crippen molar-refractivity contribution in [2.75, 3.05) is 32.4 Å². The molecular formula is C12H19N5O. The van der Waals surface area contributed by atoms with E-state index in [1.807, 2.05) is 4.90 Å². The van der Waals surface area contributed by atoms with E-state index in [2.05, 4.69) is 36.0 Å². The van der Waals surface area contributed by atoms with E-state index in [-0.39, 0.29) is 11.4 Å². The smallest absolute Gasteiger partial charge is 0.274 e. The van der Waals surface area contributed by atoms with Crippen LogP contribution in [0.2, 0.25) is 0 Å². The summed E-state index contributed by atoms with van der Waals surface area (Å²) in [5.74, 6) is 0.244.